The lowest BCUT2D eigenvalue weighted by Crippen LogP contribution is -2.36. The largest absolute Gasteiger partial charge is 0.391 e. The average Bonchev–Trinajstić information content (AvgIpc) is 2.84. The standard InChI is InChI=1S/C11H17N5O3/c1-4-6(17)5-12-10-13-7-8(14-10)15(2)11(19)16(3)9(7)18/h6,17H,4-5H2,1-3H3,(H2,12,13,14). The first kappa shape index (κ1) is 13.3. The Morgan fingerprint density at radius 2 is 2.05 bits per heavy atom. The highest BCUT2D eigenvalue weighted by Crippen LogP contribution is 2.08. The van der Waals surface area contributed by atoms with E-state index in [4.69, 9.17) is 0 Å². The molecule has 2 aromatic rings. The van der Waals surface area contributed by atoms with Gasteiger partial charge in [-0.1, -0.05) is 6.92 Å². The van der Waals surface area contributed by atoms with Crippen molar-refractivity contribution >= 4 is 17.1 Å². The predicted molar refractivity (Wildman–Crippen MR) is 71.4 cm³/mol. The highest BCUT2D eigenvalue weighted by Gasteiger charge is 2.13. The van der Waals surface area contributed by atoms with Crippen molar-refractivity contribution in [3.05, 3.63) is 20.8 Å². The van der Waals surface area contributed by atoms with Gasteiger partial charge < -0.3 is 15.4 Å². The van der Waals surface area contributed by atoms with E-state index in [1.54, 1.807) is 7.05 Å². The van der Waals surface area contributed by atoms with Gasteiger partial charge in [-0.05, 0) is 6.42 Å². The fraction of sp³-hybridized carbons (Fsp3) is 0.545. The van der Waals surface area contributed by atoms with E-state index in [0.29, 0.717) is 24.6 Å². The molecule has 1 unspecified atom stereocenters. The first-order valence-electron chi connectivity index (χ1n) is 6.03. The van der Waals surface area contributed by atoms with Crippen molar-refractivity contribution in [1.82, 2.24) is 19.1 Å². The van der Waals surface area contributed by atoms with Gasteiger partial charge in [0.05, 0.1) is 6.10 Å². The molecule has 104 valence electrons. The zero-order valence-electron chi connectivity index (χ0n) is 11.1. The molecule has 0 radical (unpaired) electrons. The molecule has 0 bridgehead atoms. The SMILES string of the molecule is CCC(O)CNc1nc2c([nH]1)c(=O)n(C)c(=O)n2C. The van der Waals surface area contributed by atoms with E-state index in [-0.39, 0.29) is 5.52 Å². The van der Waals surface area contributed by atoms with Gasteiger partial charge in [-0.2, -0.15) is 4.98 Å². The lowest BCUT2D eigenvalue weighted by atomic mass is 10.3. The molecule has 1 atom stereocenters. The van der Waals surface area contributed by atoms with Crippen LogP contribution in [0.1, 0.15) is 13.3 Å². The second-order valence-electron chi connectivity index (χ2n) is 4.43. The van der Waals surface area contributed by atoms with Crippen LogP contribution in [0, 0.1) is 0 Å². The summed E-state index contributed by atoms with van der Waals surface area (Å²) in [6, 6.07) is 0. The number of aromatic nitrogens is 4. The summed E-state index contributed by atoms with van der Waals surface area (Å²) in [6.07, 6.45) is 0.132. The van der Waals surface area contributed by atoms with E-state index in [1.807, 2.05) is 6.92 Å². The number of aliphatic hydroxyl groups excluding tert-OH is 1. The van der Waals surface area contributed by atoms with Gasteiger partial charge >= 0.3 is 5.69 Å². The van der Waals surface area contributed by atoms with Crippen LogP contribution in [0.15, 0.2) is 9.59 Å². The maximum atomic E-state index is 11.9. The van der Waals surface area contributed by atoms with Crippen molar-refractivity contribution in [2.24, 2.45) is 14.1 Å². The Kier molecular flexibility index (Phi) is 3.43. The van der Waals surface area contributed by atoms with Gasteiger partial charge in [-0.3, -0.25) is 13.9 Å². The molecule has 0 aliphatic carbocycles. The second kappa shape index (κ2) is 4.88. The van der Waals surface area contributed by atoms with Crippen LogP contribution in [0.3, 0.4) is 0 Å². The van der Waals surface area contributed by atoms with Crippen molar-refractivity contribution in [3.8, 4) is 0 Å². The van der Waals surface area contributed by atoms with Gasteiger partial charge in [0, 0.05) is 20.6 Å². The summed E-state index contributed by atoms with van der Waals surface area (Å²) >= 11 is 0. The first-order chi connectivity index (χ1) is 8.95. The minimum Gasteiger partial charge on any atom is -0.391 e. The van der Waals surface area contributed by atoms with Crippen LogP contribution < -0.4 is 16.6 Å². The first-order valence-corrected chi connectivity index (χ1v) is 6.03. The third-order valence-electron chi connectivity index (χ3n) is 3.07. The number of nitrogens with one attached hydrogen (secondary N) is 2. The number of nitrogens with zero attached hydrogens (tertiary/aromatic N) is 3. The maximum absolute atomic E-state index is 11.9. The van der Waals surface area contributed by atoms with Gasteiger partial charge in [0.2, 0.25) is 5.95 Å². The summed E-state index contributed by atoms with van der Waals surface area (Å²) < 4.78 is 2.32. The van der Waals surface area contributed by atoms with E-state index < -0.39 is 17.4 Å². The fourth-order valence-electron chi connectivity index (χ4n) is 1.77. The highest BCUT2D eigenvalue weighted by atomic mass is 16.3. The second-order valence-corrected chi connectivity index (χ2v) is 4.43. The monoisotopic (exact) mass is 267 g/mol. The maximum Gasteiger partial charge on any atom is 0.332 e. The lowest BCUT2D eigenvalue weighted by molar-refractivity contribution is 0.183. The summed E-state index contributed by atoms with van der Waals surface area (Å²) in [6.45, 7) is 2.19. The van der Waals surface area contributed by atoms with Crippen LogP contribution in [0.25, 0.3) is 11.2 Å². The molecule has 8 heteroatoms. The molecule has 2 heterocycles. The zero-order chi connectivity index (χ0) is 14.2. The Hall–Kier alpha value is -2.09. The summed E-state index contributed by atoms with van der Waals surface area (Å²) in [5.41, 5.74) is -0.293. The molecule has 2 rings (SSSR count). The Labute approximate surface area is 108 Å². The number of hydrogen-bond acceptors (Lipinski definition) is 5. The fourth-order valence-corrected chi connectivity index (χ4v) is 1.77. The van der Waals surface area contributed by atoms with Gasteiger partial charge in [0.25, 0.3) is 5.56 Å². The molecule has 3 N–H and O–H groups in total. The van der Waals surface area contributed by atoms with Crippen molar-refractivity contribution in [3.63, 3.8) is 0 Å². The summed E-state index contributed by atoms with van der Waals surface area (Å²) in [5, 5.41) is 12.4. The molecule has 2 aromatic heterocycles. The minimum absolute atomic E-state index is 0.262. The summed E-state index contributed by atoms with van der Waals surface area (Å²) in [4.78, 5) is 30.6. The molecular formula is C11H17N5O3. The molecular weight excluding hydrogens is 250 g/mol. The third-order valence-corrected chi connectivity index (χ3v) is 3.07. The number of aryl methyl sites for hydroxylation is 1. The molecule has 0 spiro atoms. The molecule has 19 heavy (non-hydrogen) atoms. The normalized spacial score (nSPS) is 12.8. The quantitative estimate of drug-likeness (QED) is 0.669. The number of fused-ring (bicyclic) bond motifs is 1. The summed E-state index contributed by atoms with van der Waals surface area (Å²) in [5.74, 6) is 0.362. The number of imidazole rings is 1. The number of anilines is 1. The lowest BCUT2D eigenvalue weighted by Gasteiger charge is -2.07. The Balaban J connectivity index is 2.46. The summed E-state index contributed by atoms with van der Waals surface area (Å²) in [7, 11) is 2.97. The van der Waals surface area contributed by atoms with Gasteiger partial charge in [0.15, 0.2) is 11.2 Å². The molecule has 0 amide bonds. The number of aliphatic hydroxyl groups is 1. The van der Waals surface area contributed by atoms with Crippen LogP contribution in [-0.4, -0.2) is 36.9 Å². The van der Waals surface area contributed by atoms with Gasteiger partial charge in [0.1, 0.15) is 0 Å². The van der Waals surface area contributed by atoms with Crippen LogP contribution >= 0.6 is 0 Å². The van der Waals surface area contributed by atoms with E-state index in [2.05, 4.69) is 15.3 Å². The smallest absolute Gasteiger partial charge is 0.332 e. The predicted octanol–water partition coefficient (Wildman–Crippen LogP) is -0.857. The van der Waals surface area contributed by atoms with Crippen LogP contribution in [0.4, 0.5) is 5.95 Å². The van der Waals surface area contributed by atoms with Crippen molar-refractivity contribution < 1.29 is 5.11 Å². The van der Waals surface area contributed by atoms with Crippen molar-refractivity contribution in [2.45, 2.75) is 19.4 Å². The van der Waals surface area contributed by atoms with E-state index >= 15 is 0 Å². The van der Waals surface area contributed by atoms with Crippen LogP contribution in [-0.2, 0) is 14.1 Å². The molecule has 8 nitrogen and oxygen atoms in total. The minimum atomic E-state index is -0.486. The topological polar surface area (TPSA) is 105 Å². The molecule has 0 aromatic carbocycles. The Morgan fingerprint density at radius 3 is 2.68 bits per heavy atom. The van der Waals surface area contributed by atoms with E-state index in [9.17, 15) is 14.7 Å². The zero-order valence-corrected chi connectivity index (χ0v) is 11.1. The molecule has 0 saturated heterocycles. The molecule has 0 aliphatic rings. The van der Waals surface area contributed by atoms with Crippen LogP contribution in [0.5, 0.6) is 0 Å². The van der Waals surface area contributed by atoms with Crippen molar-refractivity contribution in [1.29, 1.82) is 0 Å². The van der Waals surface area contributed by atoms with E-state index in [1.165, 1.54) is 11.6 Å². The van der Waals surface area contributed by atoms with Gasteiger partial charge in [-0.15, -0.1) is 0 Å². The number of hydrogen-bond donors (Lipinski definition) is 3. The Morgan fingerprint density at radius 1 is 1.37 bits per heavy atom. The third kappa shape index (κ3) is 2.26. The van der Waals surface area contributed by atoms with Crippen molar-refractivity contribution in [2.75, 3.05) is 11.9 Å². The molecule has 0 fully saturated rings. The molecule has 0 saturated carbocycles. The average molecular weight is 267 g/mol. The molecule has 0 aliphatic heterocycles. The van der Waals surface area contributed by atoms with Crippen LogP contribution in [0.2, 0.25) is 0 Å². The van der Waals surface area contributed by atoms with E-state index in [0.717, 1.165) is 4.57 Å². The number of rotatable bonds is 4. The number of H-pyrrole nitrogens is 1. The van der Waals surface area contributed by atoms with Gasteiger partial charge in [-0.25, -0.2) is 4.79 Å². The number of aromatic amines is 1. The Bertz CT molecular complexity index is 711. The highest BCUT2D eigenvalue weighted by molar-refractivity contribution is 5.72.